The second kappa shape index (κ2) is 7.19. The third kappa shape index (κ3) is 6.86. The molecule has 0 aromatic carbocycles. The number of rotatable bonds is 6. The van der Waals surface area contributed by atoms with E-state index in [2.05, 4.69) is 10.6 Å². The van der Waals surface area contributed by atoms with Crippen molar-refractivity contribution in [2.45, 2.75) is 45.8 Å². The van der Waals surface area contributed by atoms with Crippen LogP contribution in [-0.2, 0) is 4.74 Å². The van der Waals surface area contributed by atoms with Gasteiger partial charge in [-0.2, -0.15) is 0 Å². The lowest BCUT2D eigenvalue weighted by molar-refractivity contribution is 0.0527. The molecule has 0 fully saturated rings. The Kier molecular flexibility index (Phi) is 5.89. The maximum Gasteiger partial charge on any atom is 0.407 e. The van der Waals surface area contributed by atoms with E-state index < -0.39 is 5.60 Å². The topological polar surface area (TPSA) is 63.5 Å². The summed E-state index contributed by atoms with van der Waals surface area (Å²) in [6, 6.07) is 3.99. The Bertz CT molecular complexity index is 369. The van der Waals surface area contributed by atoms with Crippen molar-refractivity contribution in [3.63, 3.8) is 0 Å². The first kappa shape index (κ1) is 15.6. The molecule has 0 saturated heterocycles. The van der Waals surface area contributed by atoms with Gasteiger partial charge in [-0.05, 0) is 52.8 Å². The van der Waals surface area contributed by atoms with Crippen molar-refractivity contribution in [1.29, 1.82) is 0 Å². The van der Waals surface area contributed by atoms with Crippen LogP contribution in [0.4, 0.5) is 4.79 Å². The van der Waals surface area contributed by atoms with Gasteiger partial charge in [0.1, 0.15) is 11.4 Å². The summed E-state index contributed by atoms with van der Waals surface area (Å²) in [6.45, 7) is 8.97. The molecule has 0 aliphatic rings. The normalized spacial score (nSPS) is 13.1. The van der Waals surface area contributed by atoms with E-state index in [9.17, 15) is 4.79 Å². The van der Waals surface area contributed by atoms with Crippen molar-refractivity contribution in [2.24, 2.45) is 0 Å². The zero-order valence-electron chi connectivity index (χ0n) is 12.2. The molecule has 1 aromatic heterocycles. The molecule has 2 N–H and O–H groups in total. The minimum Gasteiger partial charge on any atom is -0.468 e. The van der Waals surface area contributed by atoms with Crippen LogP contribution in [0.1, 0.15) is 45.9 Å². The molecule has 0 aliphatic heterocycles. The van der Waals surface area contributed by atoms with E-state index >= 15 is 0 Å². The molecule has 0 radical (unpaired) electrons. The zero-order valence-corrected chi connectivity index (χ0v) is 12.2. The van der Waals surface area contributed by atoms with E-state index in [4.69, 9.17) is 9.15 Å². The van der Waals surface area contributed by atoms with Gasteiger partial charge < -0.3 is 19.8 Å². The highest BCUT2D eigenvalue weighted by atomic mass is 16.6. The zero-order chi connectivity index (χ0) is 14.3. The summed E-state index contributed by atoms with van der Waals surface area (Å²) in [7, 11) is 0. The lowest BCUT2D eigenvalue weighted by Gasteiger charge is -2.19. The molecule has 1 amide bonds. The van der Waals surface area contributed by atoms with Gasteiger partial charge in [0.25, 0.3) is 0 Å². The van der Waals surface area contributed by atoms with Crippen molar-refractivity contribution in [3.05, 3.63) is 24.2 Å². The Labute approximate surface area is 114 Å². The molecule has 1 atom stereocenters. The lowest BCUT2D eigenvalue weighted by Crippen LogP contribution is -2.34. The van der Waals surface area contributed by atoms with Gasteiger partial charge in [0.05, 0.1) is 12.3 Å². The number of carbonyl (C=O) groups is 1. The van der Waals surface area contributed by atoms with Gasteiger partial charge in [-0.1, -0.05) is 0 Å². The van der Waals surface area contributed by atoms with Gasteiger partial charge in [0, 0.05) is 6.54 Å². The van der Waals surface area contributed by atoms with Crippen LogP contribution in [0.25, 0.3) is 0 Å². The van der Waals surface area contributed by atoms with E-state index in [-0.39, 0.29) is 12.1 Å². The standard InChI is InChI=1S/C14H24N2O3/c1-11(12-7-5-10-18-12)15-8-6-9-16-13(17)19-14(2,3)4/h5,7,10-11,15H,6,8-9H2,1-4H3,(H,16,17). The number of hydrogen-bond acceptors (Lipinski definition) is 4. The fourth-order valence-electron chi connectivity index (χ4n) is 1.55. The van der Waals surface area contributed by atoms with E-state index in [0.29, 0.717) is 6.54 Å². The first-order valence-corrected chi connectivity index (χ1v) is 6.62. The highest BCUT2D eigenvalue weighted by molar-refractivity contribution is 5.67. The van der Waals surface area contributed by atoms with Gasteiger partial charge in [-0.25, -0.2) is 4.79 Å². The van der Waals surface area contributed by atoms with Crippen molar-refractivity contribution >= 4 is 6.09 Å². The van der Waals surface area contributed by atoms with Crippen molar-refractivity contribution in [1.82, 2.24) is 10.6 Å². The average molecular weight is 268 g/mol. The molecule has 1 heterocycles. The van der Waals surface area contributed by atoms with E-state index in [1.807, 2.05) is 39.8 Å². The Morgan fingerprint density at radius 1 is 1.42 bits per heavy atom. The monoisotopic (exact) mass is 268 g/mol. The van der Waals surface area contributed by atoms with Crippen LogP contribution in [0.2, 0.25) is 0 Å². The number of ether oxygens (including phenoxy) is 1. The summed E-state index contributed by atoms with van der Waals surface area (Å²) in [4.78, 5) is 11.4. The molecule has 5 nitrogen and oxygen atoms in total. The maximum absolute atomic E-state index is 11.4. The maximum atomic E-state index is 11.4. The van der Waals surface area contributed by atoms with Crippen molar-refractivity contribution in [3.8, 4) is 0 Å². The van der Waals surface area contributed by atoms with Crippen molar-refractivity contribution in [2.75, 3.05) is 13.1 Å². The van der Waals surface area contributed by atoms with Crippen LogP contribution in [0, 0.1) is 0 Å². The van der Waals surface area contributed by atoms with Crippen LogP contribution in [0.15, 0.2) is 22.8 Å². The summed E-state index contributed by atoms with van der Waals surface area (Å²) < 4.78 is 10.4. The van der Waals surface area contributed by atoms with Gasteiger partial charge in [-0.15, -0.1) is 0 Å². The first-order valence-electron chi connectivity index (χ1n) is 6.62. The first-order chi connectivity index (χ1) is 8.88. The minimum atomic E-state index is -0.448. The molecule has 0 bridgehead atoms. The molecular formula is C14H24N2O3. The lowest BCUT2D eigenvalue weighted by atomic mass is 10.2. The smallest absolute Gasteiger partial charge is 0.407 e. The van der Waals surface area contributed by atoms with Crippen molar-refractivity contribution < 1.29 is 13.9 Å². The second-order valence-electron chi connectivity index (χ2n) is 5.47. The van der Waals surface area contributed by atoms with E-state index in [1.54, 1.807) is 6.26 Å². The molecular weight excluding hydrogens is 244 g/mol. The highest BCUT2D eigenvalue weighted by Crippen LogP contribution is 2.11. The van der Waals surface area contributed by atoms with Crippen LogP contribution in [-0.4, -0.2) is 24.8 Å². The molecule has 5 heteroatoms. The van der Waals surface area contributed by atoms with E-state index in [0.717, 1.165) is 18.7 Å². The Morgan fingerprint density at radius 2 is 2.16 bits per heavy atom. The predicted molar refractivity (Wildman–Crippen MR) is 74.0 cm³/mol. The van der Waals surface area contributed by atoms with Crippen LogP contribution in [0.3, 0.4) is 0 Å². The van der Waals surface area contributed by atoms with Crippen LogP contribution in [0.5, 0.6) is 0 Å². The molecule has 108 valence electrons. The SMILES string of the molecule is CC(NCCCNC(=O)OC(C)(C)C)c1ccco1. The fourth-order valence-corrected chi connectivity index (χ4v) is 1.55. The van der Waals surface area contributed by atoms with Gasteiger partial charge >= 0.3 is 6.09 Å². The number of carbonyl (C=O) groups excluding carboxylic acids is 1. The number of nitrogens with one attached hydrogen (secondary N) is 2. The Hall–Kier alpha value is -1.49. The highest BCUT2D eigenvalue weighted by Gasteiger charge is 2.15. The molecule has 1 rings (SSSR count). The van der Waals surface area contributed by atoms with Crippen LogP contribution >= 0.6 is 0 Å². The third-order valence-corrected chi connectivity index (χ3v) is 2.44. The largest absolute Gasteiger partial charge is 0.468 e. The quantitative estimate of drug-likeness (QED) is 0.779. The van der Waals surface area contributed by atoms with Crippen LogP contribution < -0.4 is 10.6 Å². The minimum absolute atomic E-state index is 0.177. The molecule has 0 spiro atoms. The second-order valence-corrected chi connectivity index (χ2v) is 5.47. The molecule has 0 saturated carbocycles. The molecule has 19 heavy (non-hydrogen) atoms. The summed E-state index contributed by atoms with van der Waals surface area (Å²) in [5, 5.41) is 6.04. The average Bonchev–Trinajstić information content (AvgIpc) is 2.79. The fraction of sp³-hybridized carbons (Fsp3) is 0.643. The summed E-state index contributed by atoms with van der Waals surface area (Å²) in [5.41, 5.74) is -0.448. The predicted octanol–water partition coefficient (Wildman–Crippen LogP) is 2.85. The Morgan fingerprint density at radius 3 is 2.74 bits per heavy atom. The van der Waals surface area contributed by atoms with Gasteiger partial charge in [0.2, 0.25) is 0 Å². The number of amides is 1. The molecule has 0 aliphatic carbocycles. The summed E-state index contributed by atoms with van der Waals surface area (Å²) in [6.07, 6.45) is 2.13. The summed E-state index contributed by atoms with van der Waals surface area (Å²) >= 11 is 0. The third-order valence-electron chi connectivity index (χ3n) is 2.44. The Balaban J connectivity index is 2.07. The number of alkyl carbamates (subject to hydrolysis) is 1. The number of hydrogen-bond donors (Lipinski definition) is 2. The molecule has 1 aromatic rings. The summed E-state index contributed by atoms with van der Waals surface area (Å²) in [5.74, 6) is 0.917. The molecule has 1 unspecified atom stereocenters. The van der Waals surface area contributed by atoms with Gasteiger partial charge in [-0.3, -0.25) is 0 Å². The number of furan rings is 1. The van der Waals surface area contributed by atoms with E-state index in [1.165, 1.54) is 0 Å². The van der Waals surface area contributed by atoms with Gasteiger partial charge in [0.15, 0.2) is 0 Å².